The van der Waals surface area contributed by atoms with Crippen LogP contribution in [0.25, 0.3) is 0 Å². The molecule has 2 N–H and O–H groups in total. The van der Waals surface area contributed by atoms with Gasteiger partial charge in [-0.1, -0.05) is 30.3 Å². The molecule has 3 rings (SSSR count). The van der Waals surface area contributed by atoms with Crippen molar-refractivity contribution in [3.05, 3.63) is 90.0 Å². The number of carbonyl (C=O) groups excluding carboxylic acids is 2. The van der Waals surface area contributed by atoms with E-state index in [1.165, 1.54) is 0 Å². The second-order valence-electron chi connectivity index (χ2n) is 6.78. The number of hydrogen-bond acceptors (Lipinski definition) is 4. The highest BCUT2D eigenvalue weighted by Gasteiger charge is 2.13. The van der Waals surface area contributed by atoms with Crippen LogP contribution in [0, 0.1) is 0 Å². The van der Waals surface area contributed by atoms with Crippen LogP contribution in [0.15, 0.2) is 78.9 Å². The molecule has 0 aliphatic rings. The van der Waals surface area contributed by atoms with Crippen molar-refractivity contribution in [3.63, 3.8) is 0 Å². The van der Waals surface area contributed by atoms with E-state index in [4.69, 9.17) is 4.74 Å². The maximum atomic E-state index is 12.6. The number of benzene rings is 3. The topological polar surface area (TPSA) is 70.7 Å². The summed E-state index contributed by atoms with van der Waals surface area (Å²) in [4.78, 5) is 26.4. The van der Waals surface area contributed by atoms with Gasteiger partial charge in [0.05, 0.1) is 13.7 Å². The van der Waals surface area contributed by atoms with Gasteiger partial charge < -0.3 is 20.3 Å². The van der Waals surface area contributed by atoms with Crippen LogP contribution in [0.1, 0.15) is 15.9 Å². The van der Waals surface area contributed by atoms with Crippen LogP contribution >= 0.6 is 0 Å². The lowest BCUT2D eigenvalue weighted by Gasteiger charge is -2.17. The highest BCUT2D eigenvalue weighted by molar-refractivity contribution is 6.06. The minimum Gasteiger partial charge on any atom is -0.497 e. The zero-order valence-electron chi connectivity index (χ0n) is 17.1. The maximum absolute atomic E-state index is 12.6. The number of ether oxygens (including phenoxy) is 1. The fraction of sp³-hybridized carbons (Fsp3) is 0.167. The molecule has 0 aliphatic heterocycles. The number of hydrogen-bond donors (Lipinski definition) is 2. The number of anilines is 2. The van der Waals surface area contributed by atoms with Gasteiger partial charge in [-0.05, 0) is 54.1 Å². The van der Waals surface area contributed by atoms with Crippen LogP contribution in [-0.2, 0) is 11.3 Å². The molecule has 30 heavy (non-hydrogen) atoms. The number of methoxy groups -OCH3 is 1. The Morgan fingerprint density at radius 3 is 2.20 bits per heavy atom. The van der Waals surface area contributed by atoms with Crippen molar-refractivity contribution in [2.24, 2.45) is 0 Å². The van der Waals surface area contributed by atoms with Gasteiger partial charge in [-0.25, -0.2) is 0 Å². The molecule has 0 aromatic heterocycles. The van der Waals surface area contributed by atoms with Gasteiger partial charge in [0.1, 0.15) is 5.75 Å². The number of rotatable bonds is 8. The second kappa shape index (κ2) is 10.2. The lowest BCUT2D eigenvalue weighted by atomic mass is 10.1. The summed E-state index contributed by atoms with van der Waals surface area (Å²) in [6, 6.07) is 24.0. The molecule has 0 unspecified atom stereocenters. The van der Waals surface area contributed by atoms with Gasteiger partial charge in [0.15, 0.2) is 0 Å². The Balaban J connectivity index is 1.48. The number of nitrogens with one attached hydrogen (secondary N) is 2. The molecule has 6 nitrogen and oxygen atoms in total. The Morgan fingerprint density at radius 1 is 0.900 bits per heavy atom. The average Bonchev–Trinajstić information content (AvgIpc) is 2.79. The molecule has 0 bridgehead atoms. The zero-order valence-corrected chi connectivity index (χ0v) is 17.1. The second-order valence-corrected chi connectivity index (χ2v) is 6.78. The molecule has 0 atom stereocenters. The zero-order chi connectivity index (χ0) is 21.3. The lowest BCUT2D eigenvalue weighted by Crippen LogP contribution is -2.28. The Labute approximate surface area is 176 Å². The first kappa shape index (κ1) is 21.1. The monoisotopic (exact) mass is 403 g/mol. The first-order chi connectivity index (χ1) is 14.6. The molecule has 3 aromatic rings. The molecule has 0 fully saturated rings. The van der Waals surface area contributed by atoms with Crippen LogP contribution in [0.2, 0.25) is 0 Å². The molecule has 3 aromatic carbocycles. The summed E-state index contributed by atoms with van der Waals surface area (Å²) in [5, 5.41) is 5.94. The summed E-state index contributed by atoms with van der Waals surface area (Å²) >= 11 is 0. The quantitative estimate of drug-likeness (QED) is 0.602. The summed E-state index contributed by atoms with van der Waals surface area (Å²) < 4.78 is 5.13. The molecule has 0 saturated carbocycles. The van der Waals surface area contributed by atoms with E-state index < -0.39 is 0 Å². The smallest absolute Gasteiger partial charge is 0.258 e. The predicted molar refractivity (Wildman–Crippen MR) is 119 cm³/mol. The van der Waals surface area contributed by atoms with Crippen molar-refractivity contribution < 1.29 is 14.3 Å². The van der Waals surface area contributed by atoms with Crippen molar-refractivity contribution in [1.82, 2.24) is 5.32 Å². The van der Waals surface area contributed by atoms with Crippen molar-refractivity contribution >= 4 is 23.2 Å². The van der Waals surface area contributed by atoms with E-state index in [2.05, 4.69) is 10.6 Å². The van der Waals surface area contributed by atoms with Crippen LogP contribution in [0.4, 0.5) is 11.4 Å². The first-order valence-electron chi connectivity index (χ1n) is 9.63. The molecule has 154 valence electrons. The van der Waals surface area contributed by atoms with Gasteiger partial charge >= 0.3 is 0 Å². The standard InChI is InChI=1S/C24H25N3O3/c1-27(21-6-4-3-5-7-21)24(29)19-10-12-20(13-11-19)26-23(28)17-25-16-18-8-14-22(30-2)15-9-18/h3-15,25H,16-17H2,1-2H3,(H,26,28). The molecule has 0 spiro atoms. The molecular weight excluding hydrogens is 378 g/mol. The highest BCUT2D eigenvalue weighted by Crippen LogP contribution is 2.16. The largest absolute Gasteiger partial charge is 0.497 e. The molecule has 0 heterocycles. The third kappa shape index (κ3) is 5.68. The Hall–Kier alpha value is -3.64. The van der Waals surface area contributed by atoms with Gasteiger partial charge in [0, 0.05) is 30.5 Å². The summed E-state index contributed by atoms with van der Waals surface area (Å²) in [5.41, 5.74) is 3.08. The SMILES string of the molecule is COc1ccc(CNCC(=O)Nc2ccc(C(=O)N(C)c3ccccc3)cc2)cc1. The van der Waals surface area contributed by atoms with E-state index in [9.17, 15) is 9.59 Å². The van der Waals surface area contributed by atoms with E-state index in [1.54, 1.807) is 43.3 Å². The Bertz CT molecular complexity index is 971. The van der Waals surface area contributed by atoms with Crippen molar-refractivity contribution in [2.45, 2.75) is 6.54 Å². The van der Waals surface area contributed by atoms with Crippen LogP contribution in [0.3, 0.4) is 0 Å². The van der Waals surface area contributed by atoms with Crippen molar-refractivity contribution in [2.75, 3.05) is 30.9 Å². The van der Waals surface area contributed by atoms with E-state index in [-0.39, 0.29) is 18.4 Å². The Morgan fingerprint density at radius 2 is 1.57 bits per heavy atom. The minimum atomic E-state index is -0.149. The minimum absolute atomic E-state index is 0.111. The number of para-hydroxylation sites is 1. The Kier molecular flexibility index (Phi) is 7.19. The van der Waals surface area contributed by atoms with E-state index in [0.29, 0.717) is 17.8 Å². The molecule has 6 heteroatoms. The van der Waals surface area contributed by atoms with E-state index >= 15 is 0 Å². The molecular formula is C24H25N3O3. The predicted octanol–water partition coefficient (Wildman–Crippen LogP) is 3.70. The summed E-state index contributed by atoms with van der Waals surface area (Å²) in [6.07, 6.45) is 0. The maximum Gasteiger partial charge on any atom is 0.258 e. The van der Waals surface area contributed by atoms with Crippen LogP contribution in [-0.4, -0.2) is 32.5 Å². The molecule has 0 saturated heterocycles. The fourth-order valence-corrected chi connectivity index (χ4v) is 2.93. The van der Waals surface area contributed by atoms with Gasteiger partial charge in [-0.3, -0.25) is 9.59 Å². The number of amides is 2. The third-order valence-electron chi connectivity index (χ3n) is 4.64. The van der Waals surface area contributed by atoms with Gasteiger partial charge in [-0.2, -0.15) is 0 Å². The van der Waals surface area contributed by atoms with Gasteiger partial charge in [0.25, 0.3) is 5.91 Å². The van der Waals surface area contributed by atoms with Gasteiger partial charge in [0.2, 0.25) is 5.91 Å². The van der Waals surface area contributed by atoms with E-state index in [0.717, 1.165) is 17.0 Å². The average molecular weight is 403 g/mol. The molecule has 0 aliphatic carbocycles. The number of carbonyl (C=O) groups is 2. The van der Waals surface area contributed by atoms with Gasteiger partial charge in [-0.15, -0.1) is 0 Å². The lowest BCUT2D eigenvalue weighted by molar-refractivity contribution is -0.115. The third-order valence-corrected chi connectivity index (χ3v) is 4.64. The number of nitrogens with zero attached hydrogens (tertiary/aromatic N) is 1. The van der Waals surface area contributed by atoms with Crippen molar-refractivity contribution in [3.8, 4) is 5.75 Å². The highest BCUT2D eigenvalue weighted by atomic mass is 16.5. The van der Waals surface area contributed by atoms with Crippen LogP contribution in [0.5, 0.6) is 5.75 Å². The first-order valence-corrected chi connectivity index (χ1v) is 9.63. The van der Waals surface area contributed by atoms with E-state index in [1.807, 2.05) is 54.6 Å². The summed E-state index contributed by atoms with van der Waals surface area (Å²) in [6.45, 7) is 0.764. The fourth-order valence-electron chi connectivity index (χ4n) is 2.93. The van der Waals surface area contributed by atoms with Crippen molar-refractivity contribution in [1.29, 1.82) is 0 Å². The normalized spacial score (nSPS) is 10.3. The molecule has 2 amide bonds. The van der Waals surface area contributed by atoms with Crippen LogP contribution < -0.4 is 20.3 Å². The summed E-state index contributed by atoms with van der Waals surface area (Å²) in [5.74, 6) is 0.539. The summed E-state index contributed by atoms with van der Waals surface area (Å²) in [7, 11) is 3.36. The molecule has 0 radical (unpaired) electrons.